The summed E-state index contributed by atoms with van der Waals surface area (Å²) in [6.07, 6.45) is 6.75. The van der Waals surface area contributed by atoms with Gasteiger partial charge in [-0.3, -0.25) is 24.4 Å². The maximum atomic E-state index is 13.9. The Balaban J connectivity index is 1.39. The van der Waals surface area contributed by atoms with Crippen LogP contribution in [0.3, 0.4) is 0 Å². The summed E-state index contributed by atoms with van der Waals surface area (Å²) in [6.45, 7) is 6.29. The van der Waals surface area contributed by atoms with Crippen LogP contribution in [0, 0.1) is 34.5 Å². The first-order valence-electron chi connectivity index (χ1n) is 13.2. The number of hydrogen-bond acceptors (Lipinski definition) is 7. The van der Waals surface area contributed by atoms with Gasteiger partial charge in [-0.1, -0.05) is 26.7 Å². The lowest BCUT2D eigenvalue weighted by atomic mass is 9.98. The third-order valence-electron chi connectivity index (χ3n) is 8.63. The summed E-state index contributed by atoms with van der Waals surface area (Å²) in [5, 5.41) is 16.5. The number of aromatic nitrogens is 2. The van der Waals surface area contributed by atoms with Gasteiger partial charge in [0.05, 0.1) is 11.6 Å². The summed E-state index contributed by atoms with van der Waals surface area (Å²) in [4.78, 5) is 50.5. The number of nitriles is 1. The van der Waals surface area contributed by atoms with Gasteiger partial charge in [0.15, 0.2) is 0 Å². The minimum absolute atomic E-state index is 0.0234. The first kappa shape index (κ1) is 26.0. The number of methoxy groups -OCH3 is 1. The molecule has 1 unspecified atom stereocenters. The fourth-order valence-corrected chi connectivity index (χ4v) is 5.96. The van der Waals surface area contributed by atoms with Crippen molar-refractivity contribution in [3.63, 3.8) is 0 Å². The fourth-order valence-electron chi connectivity index (χ4n) is 5.96. The summed E-state index contributed by atoms with van der Waals surface area (Å²) in [5.74, 6) is -0.435. The van der Waals surface area contributed by atoms with E-state index in [-0.39, 0.29) is 35.0 Å². The Morgan fingerprint density at radius 2 is 2.03 bits per heavy atom. The van der Waals surface area contributed by atoms with Gasteiger partial charge in [-0.2, -0.15) is 5.26 Å². The summed E-state index contributed by atoms with van der Waals surface area (Å²) in [5.41, 5.74) is 1.01. The van der Waals surface area contributed by atoms with Gasteiger partial charge in [0, 0.05) is 43.2 Å². The highest BCUT2D eigenvalue weighted by molar-refractivity contribution is 5.94. The summed E-state index contributed by atoms with van der Waals surface area (Å²) >= 11 is 0. The zero-order valence-corrected chi connectivity index (χ0v) is 22.2. The summed E-state index contributed by atoms with van der Waals surface area (Å²) in [7, 11) is 1.45. The van der Waals surface area contributed by atoms with E-state index in [0.29, 0.717) is 30.0 Å². The molecule has 3 amide bonds. The number of hydrogen-bond donors (Lipinski definition) is 2. The molecule has 2 saturated carbocycles. The zero-order chi connectivity index (χ0) is 27.2. The van der Waals surface area contributed by atoms with Gasteiger partial charge in [-0.05, 0) is 48.6 Å². The number of piperidine rings is 1. The van der Waals surface area contributed by atoms with Crippen molar-refractivity contribution in [1.82, 2.24) is 25.5 Å². The summed E-state index contributed by atoms with van der Waals surface area (Å²) < 4.78 is 5.14. The van der Waals surface area contributed by atoms with Crippen LogP contribution in [-0.2, 0) is 19.1 Å². The Hall–Kier alpha value is -3.58. The van der Waals surface area contributed by atoms with E-state index in [1.807, 2.05) is 6.07 Å². The molecule has 0 bridgehead atoms. The van der Waals surface area contributed by atoms with Crippen molar-refractivity contribution in [2.24, 2.45) is 23.2 Å². The van der Waals surface area contributed by atoms with Crippen LogP contribution in [0.15, 0.2) is 30.7 Å². The lowest BCUT2D eigenvalue weighted by molar-refractivity contribution is -0.144. The lowest BCUT2D eigenvalue weighted by Crippen LogP contribution is -2.57. The molecule has 0 radical (unpaired) electrons. The average Bonchev–Trinajstić information content (AvgIpc) is 3.77. The van der Waals surface area contributed by atoms with Crippen molar-refractivity contribution < 1.29 is 19.1 Å². The Bertz CT molecular complexity index is 1300. The van der Waals surface area contributed by atoms with E-state index in [2.05, 4.69) is 40.5 Å². The Labute approximate surface area is 222 Å². The number of likely N-dealkylation sites (tertiary alicyclic amines) is 1. The number of pyridine rings is 2. The topological polar surface area (TPSA) is 137 Å². The molecule has 3 aliphatic rings. The third kappa shape index (κ3) is 4.71. The molecule has 3 heterocycles. The molecule has 2 aliphatic carbocycles. The number of amides is 3. The van der Waals surface area contributed by atoms with Crippen molar-refractivity contribution in [3.05, 3.63) is 36.3 Å². The Morgan fingerprint density at radius 1 is 1.26 bits per heavy atom. The Morgan fingerprint density at radius 3 is 2.71 bits per heavy atom. The minimum atomic E-state index is -0.976. The molecular formula is C28H34N6O4. The lowest BCUT2D eigenvalue weighted by Gasteiger charge is -2.33. The predicted molar refractivity (Wildman–Crippen MR) is 138 cm³/mol. The van der Waals surface area contributed by atoms with Gasteiger partial charge < -0.3 is 20.3 Å². The van der Waals surface area contributed by atoms with Gasteiger partial charge in [-0.15, -0.1) is 0 Å². The Kier molecular flexibility index (Phi) is 6.82. The van der Waals surface area contributed by atoms with Crippen LogP contribution in [0.2, 0.25) is 0 Å². The molecule has 10 nitrogen and oxygen atoms in total. The number of ether oxygens (including phenoxy) is 1. The van der Waals surface area contributed by atoms with E-state index < -0.39 is 24.2 Å². The van der Waals surface area contributed by atoms with E-state index in [1.54, 1.807) is 36.5 Å². The molecular weight excluding hydrogens is 484 g/mol. The number of nitrogens with zero attached hydrogens (tertiary/aromatic N) is 4. The van der Waals surface area contributed by atoms with Crippen molar-refractivity contribution in [1.29, 1.82) is 5.26 Å². The van der Waals surface area contributed by atoms with Crippen LogP contribution in [-0.4, -0.2) is 64.4 Å². The van der Waals surface area contributed by atoms with Crippen LogP contribution < -0.4 is 10.6 Å². The zero-order valence-electron chi connectivity index (χ0n) is 22.2. The largest absolute Gasteiger partial charge is 0.372 e. The van der Waals surface area contributed by atoms with E-state index in [9.17, 15) is 19.6 Å². The maximum absolute atomic E-state index is 13.9. The van der Waals surface area contributed by atoms with Crippen molar-refractivity contribution in [2.45, 2.75) is 64.3 Å². The van der Waals surface area contributed by atoms with Crippen LogP contribution in [0.25, 0.3) is 10.9 Å². The van der Waals surface area contributed by atoms with Gasteiger partial charge >= 0.3 is 0 Å². The van der Waals surface area contributed by atoms with E-state index in [4.69, 9.17) is 4.74 Å². The summed E-state index contributed by atoms with van der Waals surface area (Å²) in [6, 6.07) is 3.39. The average molecular weight is 519 g/mol. The molecule has 2 aromatic rings. The maximum Gasteiger partial charge on any atom is 0.249 e. The molecule has 3 fully saturated rings. The number of carbonyl (C=O) groups is 3. The van der Waals surface area contributed by atoms with Crippen molar-refractivity contribution >= 4 is 28.6 Å². The highest BCUT2D eigenvalue weighted by Crippen LogP contribution is 2.65. The number of carbonyl (C=O) groups excluding carboxylic acids is 3. The monoisotopic (exact) mass is 518 g/mol. The molecule has 10 heteroatoms. The normalized spacial score (nSPS) is 25.6. The molecule has 0 aromatic carbocycles. The van der Waals surface area contributed by atoms with Crippen molar-refractivity contribution in [3.8, 4) is 6.07 Å². The molecule has 0 spiro atoms. The third-order valence-corrected chi connectivity index (χ3v) is 8.63. The quantitative estimate of drug-likeness (QED) is 0.519. The smallest absolute Gasteiger partial charge is 0.249 e. The van der Waals surface area contributed by atoms with Crippen LogP contribution >= 0.6 is 0 Å². The molecule has 200 valence electrons. The van der Waals surface area contributed by atoms with Crippen LogP contribution in [0.5, 0.6) is 0 Å². The second-order valence-corrected chi connectivity index (χ2v) is 11.4. The van der Waals surface area contributed by atoms with Gasteiger partial charge in [0.1, 0.15) is 24.2 Å². The minimum Gasteiger partial charge on any atom is -0.372 e. The van der Waals surface area contributed by atoms with Crippen LogP contribution in [0.1, 0.15) is 51.6 Å². The first-order chi connectivity index (χ1) is 18.2. The van der Waals surface area contributed by atoms with E-state index in [1.165, 1.54) is 7.11 Å². The predicted octanol–water partition coefficient (Wildman–Crippen LogP) is 2.11. The highest BCUT2D eigenvalue weighted by atomic mass is 16.5. The standard InChI is InChI=1S/C28H34N6O4/c1-15(38-4)25(35)32-20(10-16-7-8-16)27(37)34-14-19-22(28(19,2)3)24(34)26(36)33-21(11-29)18-13-30-12-17-6-5-9-31-23(17)18/h5-6,9,12-13,15-16,19-22,24H,7-8,10,14H2,1-4H3,(H,32,35)(H,33,36)/t15-,19-,20-,21?,22-,24-/m0/s1. The molecule has 2 N–H and O–H groups in total. The highest BCUT2D eigenvalue weighted by Gasteiger charge is 2.69. The van der Waals surface area contributed by atoms with Crippen molar-refractivity contribution in [2.75, 3.05) is 13.7 Å². The number of nitrogens with one attached hydrogen (secondary N) is 2. The van der Waals surface area contributed by atoms with Gasteiger partial charge in [0.2, 0.25) is 17.7 Å². The van der Waals surface area contributed by atoms with E-state index >= 15 is 0 Å². The second-order valence-electron chi connectivity index (χ2n) is 11.4. The fraction of sp³-hybridized carbons (Fsp3) is 0.571. The first-order valence-corrected chi connectivity index (χ1v) is 13.2. The number of rotatable bonds is 9. The van der Waals surface area contributed by atoms with E-state index in [0.717, 1.165) is 18.2 Å². The molecule has 1 aliphatic heterocycles. The SMILES string of the molecule is CO[C@@H](C)C(=O)N[C@@H](CC1CC1)C(=O)N1C[C@H]2[C@@H]([C@H]1C(=O)NC(C#N)c1cncc3cccnc13)C2(C)C. The second kappa shape index (κ2) is 9.95. The molecule has 38 heavy (non-hydrogen) atoms. The van der Waals surface area contributed by atoms with Crippen LogP contribution in [0.4, 0.5) is 0 Å². The molecule has 1 saturated heterocycles. The number of fused-ring (bicyclic) bond motifs is 2. The molecule has 5 rings (SSSR count). The molecule has 6 atom stereocenters. The van der Waals surface area contributed by atoms with Gasteiger partial charge in [-0.25, -0.2) is 0 Å². The van der Waals surface area contributed by atoms with Gasteiger partial charge in [0.25, 0.3) is 0 Å². The molecule has 2 aromatic heterocycles.